The molecule has 1 aliphatic carbocycles. The fourth-order valence-electron chi connectivity index (χ4n) is 6.26. The molecule has 1 atom stereocenters. The second-order valence-corrected chi connectivity index (χ2v) is 12.9. The Labute approximate surface area is 267 Å². The average molecular weight is 624 g/mol. The summed E-state index contributed by atoms with van der Waals surface area (Å²) >= 11 is 0. The van der Waals surface area contributed by atoms with Crippen LogP contribution in [0.3, 0.4) is 0 Å². The normalized spacial score (nSPS) is 19.3. The van der Waals surface area contributed by atoms with Gasteiger partial charge in [0, 0.05) is 42.1 Å². The van der Waals surface area contributed by atoms with Crippen LogP contribution in [0.5, 0.6) is 0 Å². The molecule has 238 valence electrons. The van der Waals surface area contributed by atoms with Crippen molar-refractivity contribution in [2.75, 3.05) is 29.5 Å². The highest BCUT2D eigenvalue weighted by molar-refractivity contribution is 6.54. The number of pyridine rings is 1. The molecular formula is C35H37N5O6. The van der Waals surface area contributed by atoms with Crippen LogP contribution in [0, 0.1) is 16.7 Å². The molecule has 2 aromatic carbocycles. The zero-order valence-electron chi connectivity index (χ0n) is 26.4. The number of carbonyl (C=O) groups is 3. The number of aliphatic imine (C=N–C) groups is 1. The van der Waals surface area contributed by atoms with Gasteiger partial charge in [-0.2, -0.15) is 0 Å². The van der Waals surface area contributed by atoms with Gasteiger partial charge in [-0.15, -0.1) is 0 Å². The Morgan fingerprint density at radius 2 is 1.74 bits per heavy atom. The summed E-state index contributed by atoms with van der Waals surface area (Å²) < 4.78 is 12.3. The molecule has 2 amide bonds. The van der Waals surface area contributed by atoms with Crippen molar-refractivity contribution in [2.24, 2.45) is 16.3 Å². The molecule has 0 bridgehead atoms. The lowest BCUT2D eigenvalue weighted by molar-refractivity contribution is -0.135. The van der Waals surface area contributed by atoms with Gasteiger partial charge in [0.05, 0.1) is 23.9 Å². The Hall–Kier alpha value is -5.06. The standard InChI is InChI=1S/C35H37N5O6/c1-5-45-32(43)29(36)28-30(37-23-9-14-26-22(20-23)15-19-39(26)33(44)46-34(2,3)4)31(42)40(21-35(28)16-17-35)25-12-10-24(11-13-25)38-18-7-6-8-27(38)41/h6-14,18,20,28,36H,5,15-17,19,21H2,1-4H3. The fourth-order valence-corrected chi connectivity index (χ4v) is 6.26. The number of fused-ring (bicyclic) bond motifs is 1. The number of piperidine rings is 1. The SMILES string of the molecule is CCOC(=O)C(=N)C1C(=Nc2ccc3c(c2)CCN3C(=O)OC(C)(C)C)C(=O)N(c2ccc(-n3ccccc3=O)cc2)CC12CC2. The molecule has 3 heterocycles. The number of ether oxygens (including phenoxy) is 2. The maximum atomic E-state index is 14.3. The summed E-state index contributed by atoms with van der Waals surface area (Å²) in [5.74, 6) is -1.99. The summed E-state index contributed by atoms with van der Waals surface area (Å²) in [6, 6.07) is 17.4. The topological polar surface area (TPSA) is 134 Å². The van der Waals surface area contributed by atoms with Crippen molar-refractivity contribution in [3.05, 3.63) is 82.8 Å². The minimum Gasteiger partial charge on any atom is -0.462 e. The summed E-state index contributed by atoms with van der Waals surface area (Å²) in [5.41, 5.74) is 1.89. The van der Waals surface area contributed by atoms with Crippen LogP contribution < -0.4 is 15.4 Å². The molecule has 2 aliphatic heterocycles. The second kappa shape index (κ2) is 11.7. The molecule has 2 fully saturated rings. The van der Waals surface area contributed by atoms with E-state index in [9.17, 15) is 19.2 Å². The van der Waals surface area contributed by atoms with E-state index in [2.05, 4.69) is 0 Å². The molecule has 1 spiro atoms. The van der Waals surface area contributed by atoms with Gasteiger partial charge >= 0.3 is 12.1 Å². The predicted molar refractivity (Wildman–Crippen MR) is 175 cm³/mol. The van der Waals surface area contributed by atoms with Crippen molar-refractivity contribution >= 4 is 46.5 Å². The van der Waals surface area contributed by atoms with Crippen molar-refractivity contribution in [3.8, 4) is 5.69 Å². The fraction of sp³-hybridized carbons (Fsp3) is 0.371. The van der Waals surface area contributed by atoms with E-state index in [1.165, 1.54) is 10.6 Å². The molecule has 1 N–H and O–H groups in total. The van der Waals surface area contributed by atoms with E-state index in [0.29, 0.717) is 36.6 Å². The molecule has 1 aromatic heterocycles. The van der Waals surface area contributed by atoms with Gasteiger partial charge in [0.25, 0.3) is 11.5 Å². The van der Waals surface area contributed by atoms with Crippen molar-refractivity contribution in [3.63, 3.8) is 0 Å². The molecule has 3 aliphatic rings. The number of carbonyl (C=O) groups excluding carboxylic acids is 3. The van der Waals surface area contributed by atoms with Crippen LogP contribution in [0.1, 0.15) is 46.1 Å². The first kappa shape index (κ1) is 30.9. The van der Waals surface area contributed by atoms with Gasteiger partial charge in [0.1, 0.15) is 17.0 Å². The molecular weight excluding hydrogens is 586 g/mol. The van der Waals surface area contributed by atoms with Gasteiger partial charge in [-0.05, 0) is 101 Å². The molecule has 1 saturated heterocycles. The first-order valence-electron chi connectivity index (χ1n) is 15.5. The van der Waals surface area contributed by atoms with E-state index >= 15 is 0 Å². The largest absolute Gasteiger partial charge is 0.462 e. The highest BCUT2D eigenvalue weighted by Gasteiger charge is 2.60. The van der Waals surface area contributed by atoms with Crippen LogP contribution in [0.4, 0.5) is 21.9 Å². The number of hydrogen-bond acceptors (Lipinski definition) is 8. The third-order valence-electron chi connectivity index (χ3n) is 8.58. The highest BCUT2D eigenvalue weighted by Crippen LogP contribution is 2.56. The van der Waals surface area contributed by atoms with Gasteiger partial charge in [-0.3, -0.25) is 24.5 Å². The second-order valence-electron chi connectivity index (χ2n) is 12.9. The number of nitrogens with one attached hydrogen (secondary N) is 1. The van der Waals surface area contributed by atoms with Crippen LogP contribution in [0.2, 0.25) is 0 Å². The van der Waals surface area contributed by atoms with Crippen LogP contribution in [-0.2, 0) is 25.5 Å². The quantitative estimate of drug-likeness (QED) is 0.295. The van der Waals surface area contributed by atoms with Crippen molar-refractivity contribution in [1.29, 1.82) is 5.41 Å². The molecule has 0 radical (unpaired) electrons. The Kier molecular flexibility index (Phi) is 7.87. The number of esters is 1. The maximum Gasteiger partial charge on any atom is 0.414 e. The minimum absolute atomic E-state index is 0.104. The number of anilines is 2. The lowest BCUT2D eigenvalue weighted by atomic mass is 9.77. The molecule has 11 heteroatoms. The first-order valence-corrected chi connectivity index (χ1v) is 15.5. The van der Waals surface area contributed by atoms with Gasteiger partial charge in [0.2, 0.25) is 0 Å². The lowest BCUT2D eigenvalue weighted by Gasteiger charge is -2.39. The summed E-state index contributed by atoms with van der Waals surface area (Å²) in [5, 5.41) is 8.84. The molecule has 1 unspecified atom stereocenters. The number of benzene rings is 2. The highest BCUT2D eigenvalue weighted by atomic mass is 16.6. The number of aromatic nitrogens is 1. The van der Waals surface area contributed by atoms with Crippen LogP contribution >= 0.6 is 0 Å². The summed E-state index contributed by atoms with van der Waals surface area (Å²) in [4.78, 5) is 60.4. The third-order valence-corrected chi connectivity index (χ3v) is 8.58. The van der Waals surface area contributed by atoms with E-state index in [1.807, 2.05) is 26.8 Å². The number of rotatable bonds is 6. The van der Waals surface area contributed by atoms with E-state index in [4.69, 9.17) is 19.9 Å². The van der Waals surface area contributed by atoms with Gasteiger partial charge in [-0.25, -0.2) is 14.6 Å². The number of amides is 2. The Morgan fingerprint density at radius 1 is 1.02 bits per heavy atom. The molecule has 11 nitrogen and oxygen atoms in total. The molecule has 1 saturated carbocycles. The lowest BCUT2D eigenvalue weighted by Crippen LogP contribution is -2.56. The van der Waals surface area contributed by atoms with Gasteiger partial charge in [-0.1, -0.05) is 6.07 Å². The zero-order valence-corrected chi connectivity index (χ0v) is 26.4. The molecule has 3 aromatic rings. The minimum atomic E-state index is -0.830. The monoisotopic (exact) mass is 623 g/mol. The summed E-state index contributed by atoms with van der Waals surface area (Å²) in [6.45, 7) is 8.03. The van der Waals surface area contributed by atoms with Crippen LogP contribution in [-0.4, -0.2) is 59.3 Å². The smallest absolute Gasteiger partial charge is 0.414 e. The van der Waals surface area contributed by atoms with E-state index < -0.39 is 34.9 Å². The van der Waals surface area contributed by atoms with Crippen molar-refractivity contribution < 1.29 is 23.9 Å². The third kappa shape index (κ3) is 5.84. The van der Waals surface area contributed by atoms with Gasteiger partial charge < -0.3 is 14.4 Å². The molecule has 46 heavy (non-hydrogen) atoms. The Balaban J connectivity index is 1.36. The van der Waals surface area contributed by atoms with E-state index in [0.717, 1.165) is 24.1 Å². The number of hydrogen-bond donors (Lipinski definition) is 1. The summed E-state index contributed by atoms with van der Waals surface area (Å²) in [6.07, 6.45) is 3.28. The van der Waals surface area contributed by atoms with Crippen LogP contribution in [0.25, 0.3) is 5.69 Å². The first-order chi connectivity index (χ1) is 21.9. The summed E-state index contributed by atoms with van der Waals surface area (Å²) in [7, 11) is 0. The molecule has 6 rings (SSSR count). The van der Waals surface area contributed by atoms with Crippen molar-refractivity contribution in [1.82, 2.24) is 4.57 Å². The van der Waals surface area contributed by atoms with Gasteiger partial charge in [0.15, 0.2) is 0 Å². The van der Waals surface area contributed by atoms with E-state index in [-0.39, 0.29) is 23.6 Å². The number of nitrogens with zero attached hydrogens (tertiary/aromatic N) is 4. The zero-order chi connectivity index (χ0) is 32.8. The predicted octanol–water partition coefficient (Wildman–Crippen LogP) is 5.23. The Bertz CT molecular complexity index is 1820. The van der Waals surface area contributed by atoms with Crippen LogP contribution in [0.15, 0.2) is 76.6 Å². The maximum absolute atomic E-state index is 14.3. The average Bonchev–Trinajstić information content (AvgIpc) is 3.65. The van der Waals surface area contributed by atoms with Crippen molar-refractivity contribution in [2.45, 2.75) is 52.6 Å². The van der Waals surface area contributed by atoms with E-state index in [1.54, 1.807) is 71.5 Å². The Morgan fingerprint density at radius 3 is 2.39 bits per heavy atom.